The van der Waals surface area contributed by atoms with Crippen LogP contribution in [0.3, 0.4) is 0 Å². The Kier molecular flexibility index (Phi) is 6.79. The van der Waals surface area contributed by atoms with Gasteiger partial charge in [0.05, 0.1) is 6.54 Å². The Labute approximate surface area is 168 Å². The predicted octanol–water partition coefficient (Wildman–Crippen LogP) is 3.28. The minimum absolute atomic E-state index is 0.0506. The lowest BCUT2D eigenvalue weighted by molar-refractivity contribution is -0.127. The molecule has 1 N–H and O–H groups in total. The molecule has 0 saturated carbocycles. The molecular formula is C21H21ClFN3O2. The smallest absolute Gasteiger partial charge is 0.246 e. The first-order chi connectivity index (χ1) is 13.5. The first-order valence-electron chi connectivity index (χ1n) is 9.00. The summed E-state index contributed by atoms with van der Waals surface area (Å²) in [5.74, 6) is -0.553. The van der Waals surface area contributed by atoms with Crippen molar-refractivity contribution in [3.63, 3.8) is 0 Å². The number of nitrogens with zero attached hydrogens (tertiary/aromatic N) is 2. The molecule has 1 aliphatic rings. The summed E-state index contributed by atoms with van der Waals surface area (Å²) in [5, 5.41) is 3.40. The van der Waals surface area contributed by atoms with Crippen molar-refractivity contribution in [2.24, 2.45) is 0 Å². The molecule has 1 fully saturated rings. The zero-order valence-electron chi connectivity index (χ0n) is 15.3. The second kappa shape index (κ2) is 9.48. The summed E-state index contributed by atoms with van der Waals surface area (Å²) in [7, 11) is 0. The summed E-state index contributed by atoms with van der Waals surface area (Å²) in [6.45, 7) is 2.61. The molecule has 7 heteroatoms. The molecule has 3 rings (SSSR count). The lowest BCUT2D eigenvalue weighted by Crippen LogP contribution is -2.50. The van der Waals surface area contributed by atoms with E-state index < -0.39 is 0 Å². The highest BCUT2D eigenvalue weighted by Gasteiger charge is 2.21. The van der Waals surface area contributed by atoms with E-state index in [2.05, 4.69) is 5.32 Å². The molecule has 0 aromatic heterocycles. The average molecular weight is 402 g/mol. The van der Waals surface area contributed by atoms with Crippen LogP contribution in [0.2, 0.25) is 5.02 Å². The van der Waals surface area contributed by atoms with Crippen molar-refractivity contribution in [2.45, 2.75) is 0 Å². The van der Waals surface area contributed by atoms with Gasteiger partial charge in [-0.1, -0.05) is 23.7 Å². The Morgan fingerprint density at radius 2 is 1.64 bits per heavy atom. The number of halogens is 2. The van der Waals surface area contributed by atoms with E-state index in [-0.39, 0.29) is 24.2 Å². The van der Waals surface area contributed by atoms with E-state index in [1.54, 1.807) is 29.2 Å². The number of carbonyl (C=O) groups is 2. The number of hydrogen-bond donors (Lipinski definition) is 1. The van der Waals surface area contributed by atoms with Crippen LogP contribution in [0, 0.1) is 5.82 Å². The number of carbonyl (C=O) groups excluding carboxylic acids is 2. The number of anilines is 1. The van der Waals surface area contributed by atoms with E-state index in [1.165, 1.54) is 24.3 Å². The van der Waals surface area contributed by atoms with E-state index in [4.69, 9.17) is 11.6 Å². The molecular weight excluding hydrogens is 381 g/mol. The van der Waals surface area contributed by atoms with Gasteiger partial charge in [-0.3, -0.25) is 14.5 Å². The minimum atomic E-state index is -0.344. The Morgan fingerprint density at radius 1 is 1.00 bits per heavy atom. The van der Waals surface area contributed by atoms with Crippen molar-refractivity contribution >= 4 is 35.2 Å². The number of nitrogens with one attached hydrogen (secondary N) is 1. The van der Waals surface area contributed by atoms with Crippen molar-refractivity contribution in [1.29, 1.82) is 0 Å². The van der Waals surface area contributed by atoms with Crippen LogP contribution in [0.15, 0.2) is 54.6 Å². The molecule has 1 saturated heterocycles. The van der Waals surface area contributed by atoms with Crippen LogP contribution < -0.4 is 5.32 Å². The zero-order valence-corrected chi connectivity index (χ0v) is 16.0. The van der Waals surface area contributed by atoms with Crippen molar-refractivity contribution < 1.29 is 14.0 Å². The lowest BCUT2D eigenvalue weighted by atomic mass is 10.2. The Hall–Kier alpha value is -2.70. The largest absolute Gasteiger partial charge is 0.337 e. The number of piperazine rings is 1. The van der Waals surface area contributed by atoms with Crippen molar-refractivity contribution in [3.8, 4) is 0 Å². The van der Waals surface area contributed by atoms with Gasteiger partial charge in [0, 0.05) is 43.0 Å². The van der Waals surface area contributed by atoms with Gasteiger partial charge >= 0.3 is 0 Å². The predicted molar refractivity (Wildman–Crippen MR) is 109 cm³/mol. The number of benzene rings is 2. The third kappa shape index (κ3) is 5.90. The SMILES string of the molecule is O=C(CN1CCN(C(=O)C=Cc2ccc(Cl)cc2)CC1)Nc1ccc(F)cc1. The zero-order chi connectivity index (χ0) is 19.9. The molecule has 0 spiro atoms. The average Bonchev–Trinajstić information content (AvgIpc) is 2.69. The van der Waals surface area contributed by atoms with Gasteiger partial charge in [0.15, 0.2) is 0 Å². The highest BCUT2D eigenvalue weighted by atomic mass is 35.5. The van der Waals surface area contributed by atoms with Crippen molar-refractivity contribution in [3.05, 3.63) is 71.0 Å². The van der Waals surface area contributed by atoms with Crippen LogP contribution in [0.25, 0.3) is 6.08 Å². The molecule has 146 valence electrons. The number of hydrogen-bond acceptors (Lipinski definition) is 3. The van der Waals surface area contributed by atoms with E-state index in [1.807, 2.05) is 17.0 Å². The summed E-state index contributed by atoms with van der Waals surface area (Å²) < 4.78 is 12.9. The summed E-state index contributed by atoms with van der Waals surface area (Å²) in [6, 6.07) is 12.9. The molecule has 1 aliphatic heterocycles. The third-order valence-corrected chi connectivity index (χ3v) is 4.72. The lowest BCUT2D eigenvalue weighted by Gasteiger charge is -2.33. The van der Waals surface area contributed by atoms with E-state index in [9.17, 15) is 14.0 Å². The highest BCUT2D eigenvalue weighted by molar-refractivity contribution is 6.30. The molecule has 0 aliphatic carbocycles. The van der Waals surface area contributed by atoms with Gasteiger partial charge < -0.3 is 10.2 Å². The fraction of sp³-hybridized carbons (Fsp3) is 0.238. The van der Waals surface area contributed by atoms with Crippen molar-refractivity contribution in [1.82, 2.24) is 9.80 Å². The monoisotopic (exact) mass is 401 g/mol. The molecule has 2 aromatic rings. The first kappa shape index (κ1) is 20.0. The Bertz CT molecular complexity index is 845. The van der Waals surface area contributed by atoms with Gasteiger partial charge in [0.2, 0.25) is 11.8 Å². The highest BCUT2D eigenvalue weighted by Crippen LogP contribution is 2.12. The molecule has 0 unspecified atom stereocenters. The van der Waals surface area contributed by atoms with Crippen LogP contribution >= 0.6 is 11.6 Å². The van der Waals surface area contributed by atoms with Gasteiger partial charge in [0.25, 0.3) is 0 Å². The molecule has 28 heavy (non-hydrogen) atoms. The number of rotatable bonds is 5. The van der Waals surface area contributed by atoms with Gasteiger partial charge in [-0.2, -0.15) is 0 Å². The van der Waals surface area contributed by atoms with E-state index >= 15 is 0 Å². The maximum Gasteiger partial charge on any atom is 0.246 e. The van der Waals surface area contributed by atoms with Crippen LogP contribution in [0.1, 0.15) is 5.56 Å². The van der Waals surface area contributed by atoms with E-state index in [0.29, 0.717) is 36.9 Å². The quantitative estimate of drug-likeness (QED) is 0.782. The second-order valence-electron chi connectivity index (χ2n) is 6.54. The third-order valence-electron chi connectivity index (χ3n) is 4.47. The standard InChI is InChI=1S/C21H21ClFN3O2/c22-17-4-1-16(2-5-17)3-10-21(28)26-13-11-25(12-14-26)15-20(27)24-19-8-6-18(23)7-9-19/h1-10H,11-15H2,(H,24,27). The van der Waals surface area contributed by atoms with Crippen LogP contribution in [0.4, 0.5) is 10.1 Å². The van der Waals surface area contributed by atoms with Crippen LogP contribution in [-0.2, 0) is 9.59 Å². The van der Waals surface area contributed by atoms with Gasteiger partial charge in [-0.05, 0) is 48.0 Å². The van der Waals surface area contributed by atoms with E-state index in [0.717, 1.165) is 5.56 Å². The number of amides is 2. The van der Waals surface area contributed by atoms with Crippen LogP contribution in [-0.4, -0.2) is 54.3 Å². The first-order valence-corrected chi connectivity index (χ1v) is 9.38. The summed E-state index contributed by atoms with van der Waals surface area (Å²) >= 11 is 5.85. The maximum atomic E-state index is 12.9. The maximum absolute atomic E-state index is 12.9. The fourth-order valence-electron chi connectivity index (χ4n) is 2.91. The van der Waals surface area contributed by atoms with Gasteiger partial charge in [-0.15, -0.1) is 0 Å². The molecule has 5 nitrogen and oxygen atoms in total. The van der Waals surface area contributed by atoms with Crippen molar-refractivity contribution in [2.75, 3.05) is 38.0 Å². The summed E-state index contributed by atoms with van der Waals surface area (Å²) in [6.07, 6.45) is 3.32. The Morgan fingerprint density at radius 3 is 2.29 bits per heavy atom. The molecule has 2 aromatic carbocycles. The van der Waals surface area contributed by atoms with Gasteiger partial charge in [0.1, 0.15) is 5.82 Å². The molecule has 1 heterocycles. The normalized spacial score (nSPS) is 15.0. The molecule has 2 amide bonds. The summed E-state index contributed by atoms with van der Waals surface area (Å²) in [5.41, 5.74) is 1.47. The molecule has 0 radical (unpaired) electrons. The fourth-order valence-corrected chi connectivity index (χ4v) is 3.04. The molecule has 0 atom stereocenters. The molecule has 0 bridgehead atoms. The van der Waals surface area contributed by atoms with Crippen LogP contribution in [0.5, 0.6) is 0 Å². The topological polar surface area (TPSA) is 52.7 Å². The Balaban J connectivity index is 1.43. The second-order valence-corrected chi connectivity index (χ2v) is 6.98. The van der Waals surface area contributed by atoms with Gasteiger partial charge in [-0.25, -0.2) is 4.39 Å². The minimum Gasteiger partial charge on any atom is -0.337 e. The summed E-state index contributed by atoms with van der Waals surface area (Å²) in [4.78, 5) is 28.2.